The Bertz CT molecular complexity index is 473. The van der Waals surface area contributed by atoms with Crippen LogP contribution in [-0.2, 0) is 16.7 Å². The first-order valence-corrected chi connectivity index (χ1v) is 7.08. The highest BCUT2D eigenvalue weighted by molar-refractivity contribution is 5.92. The maximum absolute atomic E-state index is 11.9. The molecule has 5 heteroatoms. The fraction of sp³-hybridized carbons (Fsp3) is 0.714. The molecule has 1 aliphatic carbocycles. The molecule has 0 aromatic carbocycles. The van der Waals surface area contributed by atoms with Gasteiger partial charge in [0.25, 0.3) is 0 Å². The molecule has 0 amide bonds. The van der Waals surface area contributed by atoms with E-state index in [1.54, 1.807) is 6.92 Å². The molecule has 0 aliphatic heterocycles. The summed E-state index contributed by atoms with van der Waals surface area (Å²) in [6, 6.07) is 0. The second-order valence-corrected chi connectivity index (χ2v) is 5.38. The second-order valence-electron chi connectivity index (χ2n) is 5.38. The molecule has 0 saturated heterocycles. The van der Waals surface area contributed by atoms with Gasteiger partial charge in [0.1, 0.15) is 11.6 Å². The van der Waals surface area contributed by atoms with Crippen LogP contribution >= 0.6 is 0 Å². The lowest BCUT2D eigenvalue weighted by molar-refractivity contribution is 0.0521. The normalized spacial score (nSPS) is 17.6. The van der Waals surface area contributed by atoms with Gasteiger partial charge in [0.2, 0.25) is 0 Å². The first-order valence-electron chi connectivity index (χ1n) is 7.08. The van der Waals surface area contributed by atoms with Gasteiger partial charge < -0.3 is 15.0 Å². The molecule has 0 atom stereocenters. The predicted molar refractivity (Wildman–Crippen MR) is 74.1 cm³/mol. The Morgan fingerprint density at radius 2 is 2.05 bits per heavy atom. The molecule has 1 aromatic rings. The number of ether oxygens (including phenoxy) is 1. The van der Waals surface area contributed by atoms with Crippen molar-refractivity contribution in [3.8, 4) is 0 Å². The minimum absolute atomic E-state index is 0.00677. The van der Waals surface area contributed by atoms with Crippen LogP contribution in [0, 0.1) is 0 Å². The van der Waals surface area contributed by atoms with Crippen LogP contribution in [-0.4, -0.2) is 22.1 Å². The zero-order valence-corrected chi connectivity index (χ0v) is 12.0. The van der Waals surface area contributed by atoms with Crippen LogP contribution in [0.5, 0.6) is 0 Å². The van der Waals surface area contributed by atoms with Crippen LogP contribution in [0.1, 0.15) is 62.8 Å². The lowest BCUT2D eigenvalue weighted by atomic mass is 10.00. The van der Waals surface area contributed by atoms with E-state index in [4.69, 9.17) is 10.5 Å². The maximum Gasteiger partial charge on any atom is 0.360 e. The molecule has 1 aliphatic rings. The van der Waals surface area contributed by atoms with Gasteiger partial charge in [0.05, 0.1) is 6.61 Å². The largest absolute Gasteiger partial charge is 0.461 e. The van der Waals surface area contributed by atoms with Gasteiger partial charge in [-0.3, -0.25) is 0 Å². The van der Waals surface area contributed by atoms with Gasteiger partial charge in [-0.25, -0.2) is 9.78 Å². The number of rotatable bonds is 4. The third-order valence-corrected chi connectivity index (χ3v) is 3.99. The average molecular weight is 265 g/mol. The number of anilines is 1. The highest BCUT2D eigenvalue weighted by Crippen LogP contribution is 2.39. The van der Waals surface area contributed by atoms with Crippen LogP contribution in [0.15, 0.2) is 0 Å². The van der Waals surface area contributed by atoms with Crippen LogP contribution in [0.3, 0.4) is 0 Å². The minimum atomic E-state index is -0.421. The monoisotopic (exact) mass is 265 g/mol. The van der Waals surface area contributed by atoms with Crippen molar-refractivity contribution in [3.63, 3.8) is 0 Å². The van der Waals surface area contributed by atoms with E-state index in [-0.39, 0.29) is 11.2 Å². The number of imidazole rings is 1. The molecule has 0 bridgehead atoms. The standard InChI is InChI=1S/C14H23N3O2/c1-4-10-16-11(13(18)19-5-2)12(15)17(10)14(3)8-6-7-9-14/h4-9,15H2,1-3H3. The van der Waals surface area contributed by atoms with E-state index in [0.717, 1.165) is 25.1 Å². The number of hydrogen-bond donors (Lipinski definition) is 1. The second kappa shape index (κ2) is 5.23. The Labute approximate surface area is 114 Å². The summed E-state index contributed by atoms with van der Waals surface area (Å²) in [4.78, 5) is 16.3. The number of carbonyl (C=O) groups excluding carboxylic acids is 1. The molecule has 19 heavy (non-hydrogen) atoms. The molecule has 2 N–H and O–H groups in total. The van der Waals surface area contributed by atoms with Crippen LogP contribution < -0.4 is 5.73 Å². The van der Waals surface area contributed by atoms with Gasteiger partial charge in [-0.2, -0.15) is 0 Å². The zero-order chi connectivity index (χ0) is 14.0. The number of nitrogen functional groups attached to an aromatic ring is 1. The summed E-state index contributed by atoms with van der Waals surface area (Å²) in [5.41, 5.74) is 6.44. The van der Waals surface area contributed by atoms with Crippen molar-refractivity contribution in [2.24, 2.45) is 0 Å². The van der Waals surface area contributed by atoms with Gasteiger partial charge in [-0.1, -0.05) is 19.8 Å². The van der Waals surface area contributed by atoms with Gasteiger partial charge in [0, 0.05) is 12.0 Å². The summed E-state index contributed by atoms with van der Waals surface area (Å²) in [6.45, 7) is 6.35. The maximum atomic E-state index is 11.9. The fourth-order valence-electron chi connectivity index (χ4n) is 3.03. The summed E-state index contributed by atoms with van der Waals surface area (Å²) in [5, 5.41) is 0. The summed E-state index contributed by atoms with van der Waals surface area (Å²) >= 11 is 0. The zero-order valence-electron chi connectivity index (χ0n) is 12.0. The van der Waals surface area contributed by atoms with E-state index in [0.29, 0.717) is 12.4 Å². The van der Waals surface area contributed by atoms with E-state index < -0.39 is 5.97 Å². The molecule has 106 valence electrons. The molecule has 1 heterocycles. The number of aromatic nitrogens is 2. The summed E-state index contributed by atoms with van der Waals surface area (Å²) in [7, 11) is 0. The number of aryl methyl sites for hydroxylation is 1. The van der Waals surface area contributed by atoms with Gasteiger partial charge in [-0.05, 0) is 26.7 Å². The quantitative estimate of drug-likeness (QED) is 0.849. The Hall–Kier alpha value is -1.52. The Balaban J connectivity index is 2.45. The highest BCUT2D eigenvalue weighted by Gasteiger charge is 2.35. The van der Waals surface area contributed by atoms with Crippen molar-refractivity contribution in [2.45, 2.75) is 58.4 Å². The minimum Gasteiger partial charge on any atom is -0.461 e. The van der Waals surface area contributed by atoms with Crippen LogP contribution in [0.4, 0.5) is 5.82 Å². The van der Waals surface area contributed by atoms with E-state index in [2.05, 4.69) is 16.5 Å². The molecule has 0 unspecified atom stereocenters. The smallest absolute Gasteiger partial charge is 0.360 e. The average Bonchev–Trinajstić information content (AvgIpc) is 2.94. The van der Waals surface area contributed by atoms with Crippen molar-refractivity contribution in [3.05, 3.63) is 11.5 Å². The van der Waals surface area contributed by atoms with E-state index in [1.807, 2.05) is 6.92 Å². The van der Waals surface area contributed by atoms with E-state index in [9.17, 15) is 4.79 Å². The molecule has 2 rings (SSSR count). The van der Waals surface area contributed by atoms with Crippen LogP contribution in [0.25, 0.3) is 0 Å². The van der Waals surface area contributed by atoms with Crippen molar-refractivity contribution in [2.75, 3.05) is 12.3 Å². The number of esters is 1. The Morgan fingerprint density at radius 1 is 1.42 bits per heavy atom. The Kier molecular flexibility index (Phi) is 3.83. The third kappa shape index (κ3) is 2.33. The highest BCUT2D eigenvalue weighted by atomic mass is 16.5. The molecular weight excluding hydrogens is 242 g/mol. The lowest BCUT2D eigenvalue weighted by Gasteiger charge is -2.29. The number of carbonyl (C=O) groups is 1. The first kappa shape index (κ1) is 13.9. The van der Waals surface area contributed by atoms with Crippen molar-refractivity contribution in [1.82, 2.24) is 9.55 Å². The molecule has 1 aromatic heterocycles. The summed E-state index contributed by atoms with van der Waals surface area (Å²) < 4.78 is 7.08. The van der Waals surface area contributed by atoms with Gasteiger partial charge in [0.15, 0.2) is 5.69 Å². The molecule has 1 fully saturated rings. The molecule has 1 saturated carbocycles. The third-order valence-electron chi connectivity index (χ3n) is 3.99. The summed E-state index contributed by atoms with van der Waals surface area (Å²) in [5.74, 6) is 0.916. The van der Waals surface area contributed by atoms with E-state index >= 15 is 0 Å². The van der Waals surface area contributed by atoms with E-state index in [1.165, 1.54) is 12.8 Å². The SMILES string of the molecule is CCOC(=O)c1nc(CC)n(C2(C)CCCC2)c1N. The van der Waals surface area contributed by atoms with Gasteiger partial charge >= 0.3 is 5.97 Å². The summed E-state index contributed by atoms with van der Waals surface area (Å²) in [6.07, 6.45) is 5.34. The van der Waals surface area contributed by atoms with Crippen molar-refractivity contribution < 1.29 is 9.53 Å². The number of hydrogen-bond acceptors (Lipinski definition) is 4. The van der Waals surface area contributed by atoms with Gasteiger partial charge in [-0.15, -0.1) is 0 Å². The molecular formula is C14H23N3O2. The topological polar surface area (TPSA) is 70.1 Å². The fourth-order valence-corrected chi connectivity index (χ4v) is 3.03. The molecule has 0 radical (unpaired) electrons. The lowest BCUT2D eigenvalue weighted by Crippen LogP contribution is -2.29. The predicted octanol–water partition coefficient (Wildman–Crippen LogP) is 2.49. The van der Waals surface area contributed by atoms with Crippen LogP contribution in [0.2, 0.25) is 0 Å². The van der Waals surface area contributed by atoms with Crippen molar-refractivity contribution >= 4 is 11.8 Å². The van der Waals surface area contributed by atoms with Crippen molar-refractivity contribution in [1.29, 1.82) is 0 Å². The Morgan fingerprint density at radius 3 is 2.58 bits per heavy atom. The number of nitrogens with two attached hydrogens (primary N) is 1. The molecule has 5 nitrogen and oxygen atoms in total. The number of nitrogens with zero attached hydrogens (tertiary/aromatic N) is 2. The molecule has 0 spiro atoms. The first-order chi connectivity index (χ1) is 9.03.